The van der Waals surface area contributed by atoms with Crippen molar-refractivity contribution in [2.24, 2.45) is 0 Å². The first-order chi connectivity index (χ1) is 11.5. The third kappa shape index (κ3) is 4.16. The van der Waals surface area contributed by atoms with Crippen molar-refractivity contribution < 1.29 is 26.7 Å². The largest absolute Gasteiger partial charge is 0.478 e. The van der Waals surface area contributed by atoms with Gasteiger partial charge in [0.25, 0.3) is 0 Å². The van der Waals surface area contributed by atoms with Crippen LogP contribution in [0.3, 0.4) is 0 Å². The molecular formula is C15H20ClNO6S2. The van der Waals surface area contributed by atoms with Gasteiger partial charge >= 0.3 is 5.97 Å². The third-order valence-corrected chi connectivity index (χ3v) is 8.63. The molecule has 0 unspecified atom stereocenters. The molecule has 0 amide bonds. The molecule has 1 aromatic rings. The molecule has 1 aromatic carbocycles. The van der Waals surface area contributed by atoms with E-state index in [0.717, 1.165) is 6.07 Å². The number of aromatic carboxylic acids is 1. The number of nitrogens with zero attached hydrogens (tertiary/aromatic N) is 1. The van der Waals surface area contributed by atoms with Gasteiger partial charge in [0.15, 0.2) is 9.84 Å². The van der Waals surface area contributed by atoms with Gasteiger partial charge in [0.1, 0.15) is 4.90 Å². The summed E-state index contributed by atoms with van der Waals surface area (Å²) in [5.41, 5.74) is -0.203. The maximum atomic E-state index is 13.2. The Bertz CT molecular complexity index is 881. The summed E-state index contributed by atoms with van der Waals surface area (Å²) >= 11 is 6.02. The summed E-state index contributed by atoms with van der Waals surface area (Å²) < 4.78 is 51.1. The normalized spacial score (nSPS) is 21.4. The molecule has 2 atom stereocenters. The summed E-state index contributed by atoms with van der Waals surface area (Å²) in [6, 6.07) is 2.32. The minimum atomic E-state index is -4.16. The molecule has 1 aliphatic heterocycles. The highest BCUT2D eigenvalue weighted by atomic mass is 35.5. The number of sulfonamides is 1. The molecule has 0 spiro atoms. The molecule has 0 aromatic heterocycles. The summed E-state index contributed by atoms with van der Waals surface area (Å²) in [6.07, 6.45) is 0.689. The first-order valence-corrected chi connectivity index (χ1v) is 11.4. The fourth-order valence-electron chi connectivity index (χ4n) is 2.90. The van der Waals surface area contributed by atoms with Crippen molar-refractivity contribution in [1.82, 2.24) is 4.31 Å². The van der Waals surface area contributed by atoms with E-state index < -0.39 is 37.9 Å². The predicted molar refractivity (Wildman–Crippen MR) is 94.2 cm³/mol. The van der Waals surface area contributed by atoms with Crippen LogP contribution in [0.5, 0.6) is 0 Å². The van der Waals surface area contributed by atoms with Crippen LogP contribution in [0.4, 0.5) is 0 Å². The highest BCUT2D eigenvalue weighted by Crippen LogP contribution is 2.32. The van der Waals surface area contributed by atoms with Crippen molar-refractivity contribution >= 4 is 37.4 Å². The topological polar surface area (TPSA) is 109 Å². The van der Waals surface area contributed by atoms with Gasteiger partial charge in [-0.25, -0.2) is 21.6 Å². The van der Waals surface area contributed by atoms with Crippen LogP contribution in [0.1, 0.15) is 37.0 Å². The van der Waals surface area contributed by atoms with E-state index in [0.29, 0.717) is 6.42 Å². The number of halogens is 1. The quantitative estimate of drug-likeness (QED) is 0.769. The predicted octanol–water partition coefficient (Wildman–Crippen LogP) is 2.01. The smallest absolute Gasteiger partial charge is 0.335 e. The lowest BCUT2D eigenvalue weighted by atomic mass is 10.2. The summed E-state index contributed by atoms with van der Waals surface area (Å²) in [6.45, 7) is 3.49. The van der Waals surface area contributed by atoms with Crippen LogP contribution in [0, 0.1) is 0 Å². The van der Waals surface area contributed by atoms with Crippen LogP contribution in [0.25, 0.3) is 0 Å². The number of carbonyl (C=O) groups is 1. The van der Waals surface area contributed by atoms with Crippen LogP contribution >= 0.6 is 11.6 Å². The average molecular weight is 410 g/mol. The van der Waals surface area contributed by atoms with E-state index in [2.05, 4.69) is 0 Å². The van der Waals surface area contributed by atoms with Crippen molar-refractivity contribution in [2.45, 2.75) is 43.7 Å². The highest BCUT2D eigenvalue weighted by Gasteiger charge is 2.41. The van der Waals surface area contributed by atoms with E-state index >= 15 is 0 Å². The molecule has 2 rings (SSSR count). The monoisotopic (exact) mass is 409 g/mol. The van der Waals surface area contributed by atoms with Gasteiger partial charge in [0.05, 0.1) is 22.1 Å². The fraction of sp³-hybridized carbons (Fsp3) is 0.533. The standard InChI is InChI=1S/C15H20ClNO6S2/c1-3-10(2)17(12-6-7-24(20,21)9-12)25(22,23)14-8-11(15(18)19)4-5-13(14)16/h4-5,8,10,12H,3,6-7,9H2,1-2H3,(H,18,19)/t10-,12+/m1/s1. The van der Waals surface area contributed by atoms with E-state index in [9.17, 15) is 21.6 Å². The Morgan fingerprint density at radius 1 is 1.44 bits per heavy atom. The van der Waals surface area contributed by atoms with Gasteiger partial charge in [0.2, 0.25) is 10.0 Å². The summed E-state index contributed by atoms with van der Waals surface area (Å²) in [5.74, 6) is -1.58. The van der Waals surface area contributed by atoms with Crippen LogP contribution in [-0.2, 0) is 19.9 Å². The van der Waals surface area contributed by atoms with Crippen molar-refractivity contribution in [3.8, 4) is 0 Å². The number of hydrogen-bond acceptors (Lipinski definition) is 5. The zero-order valence-electron chi connectivity index (χ0n) is 13.8. The van der Waals surface area contributed by atoms with Gasteiger partial charge in [-0.3, -0.25) is 0 Å². The molecule has 25 heavy (non-hydrogen) atoms. The first kappa shape index (κ1) is 20.2. The number of carboxylic acids is 1. The number of benzene rings is 1. The number of rotatable bonds is 6. The summed E-state index contributed by atoms with van der Waals surface area (Å²) in [5, 5.41) is 9.01. The molecule has 0 saturated carbocycles. The minimum Gasteiger partial charge on any atom is -0.478 e. The van der Waals surface area contributed by atoms with Crippen LogP contribution in [-0.4, -0.2) is 55.8 Å². The van der Waals surface area contributed by atoms with Crippen molar-refractivity contribution in [1.29, 1.82) is 0 Å². The Morgan fingerprint density at radius 3 is 2.56 bits per heavy atom. The number of hydrogen-bond donors (Lipinski definition) is 1. The molecule has 1 aliphatic rings. The van der Waals surface area contributed by atoms with E-state index in [1.165, 1.54) is 16.4 Å². The molecule has 1 saturated heterocycles. The van der Waals surface area contributed by atoms with Gasteiger partial charge in [-0.05, 0) is 38.0 Å². The van der Waals surface area contributed by atoms with E-state index in [1.54, 1.807) is 13.8 Å². The first-order valence-electron chi connectivity index (χ1n) is 7.76. The Morgan fingerprint density at radius 2 is 2.08 bits per heavy atom. The second-order valence-electron chi connectivity index (χ2n) is 6.10. The molecule has 0 radical (unpaired) electrons. The van der Waals surface area contributed by atoms with Crippen molar-refractivity contribution in [3.63, 3.8) is 0 Å². The molecular weight excluding hydrogens is 390 g/mol. The number of carboxylic acid groups (broad SMARTS) is 1. The van der Waals surface area contributed by atoms with Gasteiger partial charge in [-0.1, -0.05) is 18.5 Å². The lowest BCUT2D eigenvalue weighted by Gasteiger charge is -2.32. The van der Waals surface area contributed by atoms with Gasteiger partial charge in [-0.15, -0.1) is 0 Å². The fourth-order valence-corrected chi connectivity index (χ4v) is 7.13. The Hall–Kier alpha value is -1.16. The average Bonchev–Trinajstić information content (AvgIpc) is 2.86. The Balaban J connectivity index is 2.56. The van der Waals surface area contributed by atoms with Crippen molar-refractivity contribution in [3.05, 3.63) is 28.8 Å². The van der Waals surface area contributed by atoms with Gasteiger partial charge < -0.3 is 5.11 Å². The van der Waals surface area contributed by atoms with Crippen LogP contribution < -0.4 is 0 Å². The number of sulfone groups is 1. The van der Waals surface area contributed by atoms with Gasteiger partial charge in [-0.2, -0.15) is 4.31 Å². The van der Waals surface area contributed by atoms with Crippen LogP contribution in [0.15, 0.2) is 23.1 Å². The maximum Gasteiger partial charge on any atom is 0.335 e. The molecule has 1 fully saturated rings. The molecule has 0 aliphatic carbocycles. The zero-order chi connectivity index (χ0) is 19.0. The van der Waals surface area contributed by atoms with Crippen LogP contribution in [0.2, 0.25) is 5.02 Å². The van der Waals surface area contributed by atoms with E-state index in [4.69, 9.17) is 16.7 Å². The molecule has 0 bridgehead atoms. The van der Waals surface area contributed by atoms with Gasteiger partial charge in [0, 0.05) is 12.1 Å². The maximum absolute atomic E-state index is 13.2. The molecule has 7 nitrogen and oxygen atoms in total. The second kappa shape index (κ2) is 7.22. The van der Waals surface area contributed by atoms with Crippen molar-refractivity contribution in [2.75, 3.05) is 11.5 Å². The highest BCUT2D eigenvalue weighted by molar-refractivity contribution is 7.92. The van der Waals surface area contributed by atoms with E-state index in [-0.39, 0.29) is 33.4 Å². The lowest BCUT2D eigenvalue weighted by molar-refractivity contribution is 0.0696. The Kier molecular flexibility index (Phi) is 5.82. The Labute approximate surface area is 152 Å². The zero-order valence-corrected chi connectivity index (χ0v) is 16.2. The molecule has 10 heteroatoms. The van der Waals surface area contributed by atoms with E-state index in [1.807, 2.05) is 0 Å². The molecule has 1 heterocycles. The molecule has 1 N–H and O–H groups in total. The minimum absolute atomic E-state index is 0.0664. The second-order valence-corrected chi connectivity index (χ2v) is 10.5. The lowest BCUT2D eigenvalue weighted by Crippen LogP contribution is -2.46. The SMILES string of the molecule is CC[C@@H](C)N([C@H]1CCS(=O)(=O)C1)S(=O)(=O)c1cc(C(=O)O)ccc1Cl. The summed E-state index contributed by atoms with van der Waals surface area (Å²) in [4.78, 5) is 10.8. The molecule has 140 valence electrons. The summed E-state index contributed by atoms with van der Waals surface area (Å²) in [7, 11) is -7.45. The third-order valence-electron chi connectivity index (χ3n) is 4.33.